The fourth-order valence-corrected chi connectivity index (χ4v) is 4.74. The summed E-state index contributed by atoms with van der Waals surface area (Å²) in [6.45, 7) is 0. The first kappa shape index (κ1) is 16.6. The van der Waals surface area contributed by atoms with Gasteiger partial charge in [0.15, 0.2) is 11.5 Å². The molecule has 2 aromatic carbocycles. The topological polar surface area (TPSA) is 91.9 Å². The Labute approximate surface area is 156 Å². The minimum absolute atomic E-state index is 0.134. The highest BCUT2D eigenvalue weighted by molar-refractivity contribution is 5.80. The van der Waals surface area contributed by atoms with Crippen molar-refractivity contribution < 1.29 is 19.4 Å². The van der Waals surface area contributed by atoms with Gasteiger partial charge in [-0.05, 0) is 11.6 Å². The van der Waals surface area contributed by atoms with Gasteiger partial charge in [-0.1, -0.05) is 42.5 Å². The molecule has 5 rings (SSSR count). The maximum atomic E-state index is 12.6. The summed E-state index contributed by atoms with van der Waals surface area (Å²) in [5.74, 6) is -0.222. The molecule has 7 heteroatoms. The second-order valence-corrected chi connectivity index (χ2v) is 7.28. The van der Waals surface area contributed by atoms with E-state index in [0.29, 0.717) is 17.9 Å². The number of carboxylic acids is 1. The molecule has 27 heavy (non-hydrogen) atoms. The number of nitrogens with one attached hydrogen (secondary N) is 3. The maximum absolute atomic E-state index is 12.6. The minimum atomic E-state index is -1.36. The summed E-state index contributed by atoms with van der Waals surface area (Å²) in [6.07, 6.45) is 0.125. The number of ether oxygens (including phenoxy) is 2. The fourth-order valence-electron chi connectivity index (χ4n) is 4.74. The number of fused-ring (bicyclic) bond motifs is 6. The van der Waals surface area contributed by atoms with Gasteiger partial charge < -0.3 is 14.6 Å². The fraction of sp³-hybridized carbons (Fsp3) is 0.350. The van der Waals surface area contributed by atoms with Crippen molar-refractivity contribution in [2.45, 2.75) is 30.3 Å². The third-order valence-electron chi connectivity index (χ3n) is 5.95. The Balaban J connectivity index is 1.65. The zero-order chi connectivity index (χ0) is 18.6. The molecule has 4 N–H and O–H groups in total. The van der Waals surface area contributed by atoms with Gasteiger partial charge in [-0.3, -0.25) is 5.32 Å². The van der Waals surface area contributed by atoms with Crippen LogP contribution < -0.4 is 25.6 Å². The third-order valence-corrected chi connectivity index (χ3v) is 5.95. The van der Waals surface area contributed by atoms with Crippen LogP contribution in [0.1, 0.15) is 29.6 Å². The van der Waals surface area contributed by atoms with E-state index in [-0.39, 0.29) is 24.2 Å². The van der Waals surface area contributed by atoms with Crippen molar-refractivity contribution in [3.63, 3.8) is 0 Å². The Morgan fingerprint density at radius 3 is 2.74 bits per heavy atom. The highest BCUT2D eigenvalue weighted by Crippen LogP contribution is 2.54. The SMILES string of the molecule is COc1cccc2c1OC1(C(=O)O)CC2NC2NNC(c3ccccc3)C21. The molecule has 0 amide bonds. The van der Waals surface area contributed by atoms with E-state index in [1.54, 1.807) is 13.2 Å². The molecule has 140 valence electrons. The quantitative estimate of drug-likeness (QED) is 0.657. The number of para-hydroxylation sites is 1. The largest absolute Gasteiger partial charge is 0.493 e. The molecule has 0 aromatic heterocycles. The molecule has 3 heterocycles. The van der Waals surface area contributed by atoms with Gasteiger partial charge in [0.2, 0.25) is 5.60 Å². The predicted octanol–water partition coefficient (Wildman–Crippen LogP) is 1.74. The average molecular weight is 367 g/mol. The van der Waals surface area contributed by atoms with Crippen LogP contribution in [0.2, 0.25) is 0 Å². The molecule has 2 saturated heterocycles. The van der Waals surface area contributed by atoms with Gasteiger partial charge in [0.1, 0.15) is 0 Å². The Bertz CT molecular complexity index is 890. The van der Waals surface area contributed by atoms with Crippen molar-refractivity contribution in [2.24, 2.45) is 5.92 Å². The first-order valence-electron chi connectivity index (χ1n) is 9.05. The summed E-state index contributed by atoms with van der Waals surface area (Å²) in [4.78, 5) is 12.6. The number of hydrogen-bond donors (Lipinski definition) is 4. The van der Waals surface area contributed by atoms with E-state index in [0.717, 1.165) is 11.1 Å². The van der Waals surface area contributed by atoms with Crippen molar-refractivity contribution in [3.05, 3.63) is 59.7 Å². The van der Waals surface area contributed by atoms with E-state index in [4.69, 9.17) is 9.47 Å². The third kappa shape index (κ3) is 2.29. The molecule has 0 aliphatic carbocycles. The lowest BCUT2D eigenvalue weighted by molar-refractivity contribution is -0.170. The number of rotatable bonds is 3. The number of carbonyl (C=O) groups is 1. The van der Waals surface area contributed by atoms with Crippen molar-refractivity contribution >= 4 is 5.97 Å². The van der Waals surface area contributed by atoms with Crippen LogP contribution in [0.4, 0.5) is 0 Å². The number of carboxylic acid groups (broad SMARTS) is 1. The average Bonchev–Trinajstić information content (AvgIpc) is 3.13. The smallest absolute Gasteiger partial charge is 0.348 e. The number of aliphatic carboxylic acids is 1. The van der Waals surface area contributed by atoms with Crippen LogP contribution in [-0.2, 0) is 4.79 Å². The van der Waals surface area contributed by atoms with Crippen LogP contribution in [-0.4, -0.2) is 30.0 Å². The maximum Gasteiger partial charge on any atom is 0.348 e. The van der Waals surface area contributed by atoms with Gasteiger partial charge in [0.25, 0.3) is 0 Å². The number of hydrogen-bond acceptors (Lipinski definition) is 6. The summed E-state index contributed by atoms with van der Waals surface area (Å²) in [5.41, 5.74) is 7.10. The highest BCUT2D eigenvalue weighted by Gasteiger charge is 2.64. The molecule has 0 saturated carbocycles. The normalized spacial score (nSPS) is 33.5. The van der Waals surface area contributed by atoms with Crippen molar-refractivity contribution in [2.75, 3.05) is 7.11 Å². The van der Waals surface area contributed by atoms with E-state index in [9.17, 15) is 9.90 Å². The molecular weight excluding hydrogens is 346 g/mol. The standard InChI is InChI=1S/C20H21N3O4/c1-26-14-9-5-8-12-13-10-20(19(24)25,27-17(12)14)15-16(22-23-18(15)21-13)11-6-3-2-4-7-11/h2-9,13,15-16,18,21-23H,10H2,1H3,(H,24,25). The summed E-state index contributed by atoms with van der Waals surface area (Å²) >= 11 is 0. The molecule has 5 atom stereocenters. The van der Waals surface area contributed by atoms with E-state index >= 15 is 0 Å². The van der Waals surface area contributed by atoms with Crippen LogP contribution in [0.5, 0.6) is 11.5 Å². The molecule has 2 bridgehead atoms. The van der Waals surface area contributed by atoms with Crippen LogP contribution in [0.15, 0.2) is 48.5 Å². The van der Waals surface area contributed by atoms with Crippen LogP contribution in [0, 0.1) is 5.92 Å². The summed E-state index contributed by atoms with van der Waals surface area (Å²) in [5, 5.41) is 13.9. The van der Waals surface area contributed by atoms with Gasteiger partial charge in [-0.25, -0.2) is 15.6 Å². The van der Waals surface area contributed by atoms with Gasteiger partial charge in [0, 0.05) is 18.0 Å². The number of methoxy groups -OCH3 is 1. The van der Waals surface area contributed by atoms with Gasteiger partial charge in [-0.2, -0.15) is 0 Å². The molecule has 0 radical (unpaired) electrons. The van der Waals surface area contributed by atoms with Crippen LogP contribution in [0.3, 0.4) is 0 Å². The molecule has 3 aliphatic rings. The van der Waals surface area contributed by atoms with Crippen molar-refractivity contribution in [3.8, 4) is 11.5 Å². The Kier molecular flexibility index (Phi) is 3.65. The van der Waals surface area contributed by atoms with Gasteiger partial charge >= 0.3 is 5.97 Å². The van der Waals surface area contributed by atoms with Crippen LogP contribution in [0.25, 0.3) is 0 Å². The van der Waals surface area contributed by atoms with E-state index < -0.39 is 11.6 Å². The lowest BCUT2D eigenvalue weighted by atomic mass is 9.69. The van der Waals surface area contributed by atoms with Crippen molar-refractivity contribution in [1.82, 2.24) is 16.2 Å². The summed E-state index contributed by atoms with van der Waals surface area (Å²) in [7, 11) is 1.57. The monoisotopic (exact) mass is 367 g/mol. The van der Waals surface area contributed by atoms with Gasteiger partial charge in [-0.15, -0.1) is 0 Å². The zero-order valence-corrected chi connectivity index (χ0v) is 14.8. The van der Waals surface area contributed by atoms with Crippen molar-refractivity contribution in [1.29, 1.82) is 0 Å². The lowest BCUT2D eigenvalue weighted by Crippen LogP contribution is -2.66. The lowest BCUT2D eigenvalue weighted by Gasteiger charge is -2.50. The first-order valence-corrected chi connectivity index (χ1v) is 9.05. The van der Waals surface area contributed by atoms with Gasteiger partial charge in [0.05, 0.1) is 25.2 Å². The Hall–Kier alpha value is -2.61. The highest BCUT2D eigenvalue weighted by atomic mass is 16.6. The van der Waals surface area contributed by atoms with Crippen LogP contribution >= 0.6 is 0 Å². The molecule has 5 unspecified atom stereocenters. The molecule has 3 aliphatic heterocycles. The number of hydrazine groups is 1. The summed E-state index contributed by atoms with van der Waals surface area (Å²) in [6, 6.07) is 15.2. The molecule has 7 nitrogen and oxygen atoms in total. The minimum Gasteiger partial charge on any atom is -0.493 e. The Morgan fingerprint density at radius 1 is 1.19 bits per heavy atom. The number of benzene rings is 2. The van der Waals surface area contributed by atoms with E-state index in [1.807, 2.05) is 42.5 Å². The molecular formula is C20H21N3O4. The molecule has 2 aromatic rings. The second kappa shape index (κ2) is 5.95. The molecule has 0 spiro atoms. The zero-order valence-electron chi connectivity index (χ0n) is 14.8. The number of piperidine rings is 1. The second-order valence-electron chi connectivity index (χ2n) is 7.28. The summed E-state index contributed by atoms with van der Waals surface area (Å²) < 4.78 is 11.7. The van der Waals surface area contributed by atoms with E-state index in [1.165, 1.54) is 0 Å². The first-order chi connectivity index (χ1) is 13.1. The predicted molar refractivity (Wildman–Crippen MR) is 97.2 cm³/mol. The van der Waals surface area contributed by atoms with E-state index in [2.05, 4.69) is 16.2 Å². The molecule has 2 fully saturated rings. The Morgan fingerprint density at radius 2 is 2.00 bits per heavy atom.